The zero-order chi connectivity index (χ0) is 6.69. The molecular formula is C5H8N4. The van der Waals surface area contributed by atoms with Gasteiger partial charge < -0.3 is 5.73 Å². The predicted molar refractivity (Wildman–Crippen MR) is 33.6 cm³/mol. The van der Waals surface area contributed by atoms with Crippen LogP contribution in [0.2, 0.25) is 0 Å². The lowest BCUT2D eigenvalue weighted by Gasteiger charge is -1.92. The highest BCUT2D eigenvalue weighted by atomic mass is 15.1. The third kappa shape index (κ3) is 1.35. The topological polar surface area (TPSA) is 64.7 Å². The van der Waals surface area contributed by atoms with Crippen molar-refractivity contribution in [2.75, 3.05) is 5.73 Å². The molecule has 0 unspecified atom stereocenters. The Kier molecular flexibility index (Phi) is 1.58. The number of hydrogen-bond acceptors (Lipinski definition) is 4. The molecule has 0 radical (unpaired) electrons. The van der Waals surface area contributed by atoms with Crippen LogP contribution >= 0.6 is 0 Å². The van der Waals surface area contributed by atoms with Crippen LogP contribution < -0.4 is 5.73 Å². The van der Waals surface area contributed by atoms with Crippen molar-refractivity contribution in [2.45, 2.75) is 13.3 Å². The fourth-order valence-electron chi connectivity index (χ4n) is 0.515. The molecule has 1 aromatic rings. The lowest BCUT2D eigenvalue weighted by Crippen LogP contribution is -1.99. The van der Waals surface area contributed by atoms with Crippen molar-refractivity contribution in [2.24, 2.45) is 0 Å². The van der Waals surface area contributed by atoms with Gasteiger partial charge in [0.25, 0.3) is 0 Å². The lowest BCUT2D eigenvalue weighted by atomic mass is 10.5. The summed E-state index contributed by atoms with van der Waals surface area (Å²) in [6.45, 7) is 1.97. The third-order valence-corrected chi connectivity index (χ3v) is 0.957. The number of nitrogen functional groups attached to an aromatic ring is 1. The van der Waals surface area contributed by atoms with E-state index in [4.69, 9.17) is 5.73 Å². The summed E-state index contributed by atoms with van der Waals surface area (Å²) in [5, 5.41) is 0. The number of rotatable bonds is 1. The van der Waals surface area contributed by atoms with Crippen molar-refractivity contribution >= 4 is 5.95 Å². The number of anilines is 1. The summed E-state index contributed by atoms with van der Waals surface area (Å²) < 4.78 is 0. The minimum atomic E-state index is 0.293. The van der Waals surface area contributed by atoms with Crippen molar-refractivity contribution in [1.82, 2.24) is 15.0 Å². The molecule has 4 heteroatoms. The summed E-state index contributed by atoms with van der Waals surface area (Å²) >= 11 is 0. The highest BCUT2D eigenvalue weighted by molar-refractivity contribution is 5.12. The van der Waals surface area contributed by atoms with E-state index in [9.17, 15) is 0 Å². The number of aromatic nitrogens is 3. The Labute approximate surface area is 53.2 Å². The quantitative estimate of drug-likeness (QED) is 0.573. The number of aryl methyl sites for hydroxylation is 1. The number of nitrogens with zero attached hydrogens (tertiary/aromatic N) is 3. The van der Waals surface area contributed by atoms with E-state index in [2.05, 4.69) is 15.0 Å². The first kappa shape index (κ1) is 5.94. The monoisotopic (exact) mass is 124 g/mol. The van der Waals surface area contributed by atoms with E-state index in [1.807, 2.05) is 6.92 Å². The molecule has 0 saturated heterocycles. The van der Waals surface area contributed by atoms with E-state index >= 15 is 0 Å². The number of hydrogen-bond donors (Lipinski definition) is 1. The molecule has 0 bridgehead atoms. The Balaban J connectivity index is 2.94. The fraction of sp³-hybridized carbons (Fsp3) is 0.400. The van der Waals surface area contributed by atoms with Crippen molar-refractivity contribution in [3.05, 3.63) is 12.2 Å². The van der Waals surface area contributed by atoms with Gasteiger partial charge in [-0.05, 0) is 0 Å². The van der Waals surface area contributed by atoms with Gasteiger partial charge in [-0.3, -0.25) is 0 Å². The maximum Gasteiger partial charge on any atom is 0.223 e. The molecule has 1 rings (SSSR count). The van der Waals surface area contributed by atoms with Gasteiger partial charge in [-0.25, -0.2) is 9.97 Å². The molecule has 0 fully saturated rings. The summed E-state index contributed by atoms with van der Waals surface area (Å²) in [4.78, 5) is 11.3. The molecule has 9 heavy (non-hydrogen) atoms. The SMILES string of the molecule is CCc1ncnc(N)n1. The van der Waals surface area contributed by atoms with Gasteiger partial charge in [0, 0.05) is 6.42 Å². The van der Waals surface area contributed by atoms with Crippen LogP contribution in [0.5, 0.6) is 0 Å². The molecule has 0 aliphatic carbocycles. The zero-order valence-electron chi connectivity index (χ0n) is 5.20. The average molecular weight is 124 g/mol. The summed E-state index contributed by atoms with van der Waals surface area (Å²) in [5.41, 5.74) is 5.27. The summed E-state index contributed by atoms with van der Waals surface area (Å²) in [6, 6.07) is 0. The van der Waals surface area contributed by atoms with Crippen LogP contribution in [0.1, 0.15) is 12.7 Å². The van der Waals surface area contributed by atoms with Crippen LogP contribution in [0.25, 0.3) is 0 Å². The standard InChI is InChI=1S/C5H8N4/c1-2-4-7-3-8-5(6)9-4/h3H,2H2,1H3,(H2,6,7,8,9). The van der Waals surface area contributed by atoms with Gasteiger partial charge >= 0.3 is 0 Å². The summed E-state index contributed by atoms with van der Waals surface area (Å²) in [5.74, 6) is 1.03. The second kappa shape index (κ2) is 2.39. The maximum absolute atomic E-state index is 5.27. The number of nitrogens with two attached hydrogens (primary N) is 1. The van der Waals surface area contributed by atoms with Gasteiger partial charge in [0.1, 0.15) is 12.2 Å². The maximum atomic E-state index is 5.27. The molecule has 1 aromatic heterocycles. The molecule has 2 N–H and O–H groups in total. The molecule has 0 spiro atoms. The minimum Gasteiger partial charge on any atom is -0.368 e. The molecule has 0 aliphatic heterocycles. The van der Waals surface area contributed by atoms with Crippen LogP contribution in [0.15, 0.2) is 6.33 Å². The van der Waals surface area contributed by atoms with Crippen LogP contribution in [0.3, 0.4) is 0 Å². The van der Waals surface area contributed by atoms with Gasteiger partial charge in [-0.15, -0.1) is 0 Å². The Morgan fingerprint density at radius 1 is 1.56 bits per heavy atom. The zero-order valence-corrected chi connectivity index (χ0v) is 5.20. The van der Waals surface area contributed by atoms with Gasteiger partial charge in [0.05, 0.1) is 0 Å². The van der Waals surface area contributed by atoms with E-state index in [0.717, 1.165) is 12.2 Å². The van der Waals surface area contributed by atoms with Crippen molar-refractivity contribution < 1.29 is 0 Å². The van der Waals surface area contributed by atoms with Gasteiger partial charge in [0.15, 0.2) is 0 Å². The summed E-state index contributed by atoms with van der Waals surface area (Å²) in [7, 11) is 0. The van der Waals surface area contributed by atoms with E-state index in [-0.39, 0.29) is 0 Å². The van der Waals surface area contributed by atoms with Crippen LogP contribution in [-0.2, 0) is 6.42 Å². The molecular weight excluding hydrogens is 116 g/mol. The van der Waals surface area contributed by atoms with E-state index in [0.29, 0.717) is 5.95 Å². The molecule has 0 aliphatic rings. The first-order chi connectivity index (χ1) is 4.33. The Bertz CT molecular complexity index is 198. The normalized spacial score (nSPS) is 9.44. The van der Waals surface area contributed by atoms with Gasteiger partial charge in [-0.1, -0.05) is 6.92 Å². The van der Waals surface area contributed by atoms with Gasteiger partial charge in [0.2, 0.25) is 5.95 Å². The van der Waals surface area contributed by atoms with E-state index in [1.165, 1.54) is 6.33 Å². The predicted octanol–water partition coefficient (Wildman–Crippen LogP) is 0.0162. The molecule has 0 amide bonds. The van der Waals surface area contributed by atoms with Crippen LogP contribution in [0, 0.1) is 0 Å². The van der Waals surface area contributed by atoms with Crippen molar-refractivity contribution in [1.29, 1.82) is 0 Å². The van der Waals surface area contributed by atoms with Crippen LogP contribution in [0.4, 0.5) is 5.95 Å². The molecule has 1 heterocycles. The molecule has 0 aromatic carbocycles. The second-order valence-electron chi connectivity index (χ2n) is 1.61. The molecule has 0 atom stereocenters. The average Bonchev–Trinajstić information content (AvgIpc) is 1.88. The smallest absolute Gasteiger partial charge is 0.223 e. The summed E-state index contributed by atoms with van der Waals surface area (Å²) in [6.07, 6.45) is 2.22. The molecule has 4 nitrogen and oxygen atoms in total. The highest BCUT2D eigenvalue weighted by Gasteiger charge is 1.90. The fourth-order valence-corrected chi connectivity index (χ4v) is 0.515. The largest absolute Gasteiger partial charge is 0.368 e. The van der Waals surface area contributed by atoms with Crippen molar-refractivity contribution in [3.63, 3.8) is 0 Å². The highest BCUT2D eigenvalue weighted by Crippen LogP contribution is 1.90. The first-order valence-electron chi connectivity index (χ1n) is 2.76. The molecule has 0 saturated carbocycles. The second-order valence-corrected chi connectivity index (χ2v) is 1.61. The molecule has 48 valence electrons. The van der Waals surface area contributed by atoms with E-state index < -0.39 is 0 Å². The first-order valence-corrected chi connectivity index (χ1v) is 2.76. The Hall–Kier alpha value is -1.19. The minimum absolute atomic E-state index is 0.293. The lowest BCUT2D eigenvalue weighted by molar-refractivity contribution is 0.906. The Morgan fingerprint density at radius 2 is 2.33 bits per heavy atom. The Morgan fingerprint density at radius 3 is 2.78 bits per heavy atom. The van der Waals surface area contributed by atoms with E-state index in [1.54, 1.807) is 0 Å². The van der Waals surface area contributed by atoms with Crippen molar-refractivity contribution in [3.8, 4) is 0 Å². The van der Waals surface area contributed by atoms with Crippen LogP contribution in [-0.4, -0.2) is 15.0 Å². The third-order valence-electron chi connectivity index (χ3n) is 0.957. The van der Waals surface area contributed by atoms with Gasteiger partial charge in [-0.2, -0.15) is 4.98 Å².